The van der Waals surface area contributed by atoms with E-state index in [2.05, 4.69) is 0 Å². The molecule has 2 aromatic rings. The molecule has 0 radical (unpaired) electrons. The Morgan fingerprint density at radius 1 is 1.07 bits per heavy atom. The lowest BCUT2D eigenvalue weighted by molar-refractivity contribution is -0.150. The van der Waals surface area contributed by atoms with Crippen molar-refractivity contribution in [2.24, 2.45) is 5.92 Å². The fraction of sp³-hybridized carbons (Fsp3) is 0.318. The average Bonchev–Trinajstić information content (AvgIpc) is 2.65. The summed E-state index contributed by atoms with van der Waals surface area (Å²) in [7, 11) is 0. The number of hydrogen-bond donors (Lipinski definition) is 1. The van der Waals surface area contributed by atoms with Gasteiger partial charge in [-0.25, -0.2) is 0 Å². The fourth-order valence-corrected chi connectivity index (χ4v) is 2.50. The van der Waals surface area contributed by atoms with E-state index in [1.165, 1.54) is 24.3 Å². The molecule has 0 aliphatic heterocycles. The quantitative estimate of drug-likeness (QED) is 0.656. The Morgan fingerprint density at radius 2 is 1.68 bits per heavy atom. The summed E-state index contributed by atoms with van der Waals surface area (Å²) in [4.78, 5) is 12.2. The van der Waals surface area contributed by atoms with Crippen molar-refractivity contribution in [1.29, 1.82) is 0 Å². The van der Waals surface area contributed by atoms with E-state index < -0.39 is 23.3 Å². The highest BCUT2D eigenvalue weighted by molar-refractivity contribution is 5.71. The van der Waals surface area contributed by atoms with Crippen LogP contribution in [0.3, 0.4) is 0 Å². The van der Waals surface area contributed by atoms with E-state index in [0.29, 0.717) is 5.56 Å². The molecule has 2 aromatic carbocycles. The van der Waals surface area contributed by atoms with Crippen molar-refractivity contribution in [2.45, 2.75) is 38.7 Å². The van der Waals surface area contributed by atoms with E-state index in [0.717, 1.165) is 17.7 Å². The van der Waals surface area contributed by atoms with Crippen LogP contribution in [0.5, 0.6) is 0 Å². The van der Waals surface area contributed by atoms with Gasteiger partial charge in [0.25, 0.3) is 0 Å². The molecule has 0 aliphatic rings. The van der Waals surface area contributed by atoms with Crippen molar-refractivity contribution in [3.05, 3.63) is 77.4 Å². The van der Waals surface area contributed by atoms with Crippen molar-refractivity contribution < 1.29 is 27.8 Å². The Balaban J connectivity index is 2.03. The first-order valence-electron chi connectivity index (χ1n) is 8.88. The highest BCUT2D eigenvalue weighted by Crippen LogP contribution is 2.30. The van der Waals surface area contributed by atoms with Gasteiger partial charge in [-0.2, -0.15) is 13.2 Å². The summed E-state index contributed by atoms with van der Waals surface area (Å²) >= 11 is 0. The number of carbonyl (C=O) groups is 1. The standard InChI is InChI=1S/C22H23F3O3/c1-16(2)21(27,14-20(26)28-15-18-6-4-3-5-7-18)13-12-17-8-10-19(11-9-17)22(23,24)25/h3-13,16,27H,14-15H2,1-2H3. The third-order valence-corrected chi connectivity index (χ3v) is 4.47. The van der Waals surface area contributed by atoms with Gasteiger partial charge in [0.15, 0.2) is 0 Å². The number of ether oxygens (including phenoxy) is 1. The zero-order valence-corrected chi connectivity index (χ0v) is 15.7. The maximum absolute atomic E-state index is 12.6. The first-order valence-corrected chi connectivity index (χ1v) is 8.88. The smallest absolute Gasteiger partial charge is 0.416 e. The number of aliphatic hydroxyl groups is 1. The Morgan fingerprint density at radius 3 is 2.21 bits per heavy atom. The van der Waals surface area contributed by atoms with Crippen LogP contribution in [0.2, 0.25) is 0 Å². The third-order valence-electron chi connectivity index (χ3n) is 4.47. The molecule has 0 saturated heterocycles. The highest BCUT2D eigenvalue weighted by Gasteiger charge is 2.32. The molecular weight excluding hydrogens is 369 g/mol. The minimum atomic E-state index is -4.40. The van der Waals surface area contributed by atoms with Gasteiger partial charge >= 0.3 is 12.1 Å². The van der Waals surface area contributed by atoms with E-state index in [4.69, 9.17) is 4.74 Å². The van der Waals surface area contributed by atoms with Crippen LogP contribution in [0.25, 0.3) is 6.08 Å². The first-order chi connectivity index (χ1) is 13.1. The van der Waals surface area contributed by atoms with E-state index >= 15 is 0 Å². The summed E-state index contributed by atoms with van der Waals surface area (Å²) in [5, 5.41) is 10.8. The Hall–Kier alpha value is -2.60. The number of halogens is 3. The lowest BCUT2D eigenvalue weighted by Crippen LogP contribution is -2.35. The molecule has 1 N–H and O–H groups in total. The number of hydrogen-bond acceptors (Lipinski definition) is 3. The van der Waals surface area contributed by atoms with Crippen LogP contribution in [0.1, 0.15) is 37.0 Å². The van der Waals surface area contributed by atoms with Crippen LogP contribution < -0.4 is 0 Å². The number of esters is 1. The van der Waals surface area contributed by atoms with Crippen LogP contribution in [0.4, 0.5) is 13.2 Å². The topological polar surface area (TPSA) is 46.5 Å². The summed E-state index contributed by atoms with van der Waals surface area (Å²) in [6.07, 6.45) is -1.72. The largest absolute Gasteiger partial charge is 0.461 e. The van der Waals surface area contributed by atoms with Crippen LogP contribution in [-0.2, 0) is 22.3 Å². The van der Waals surface area contributed by atoms with Crippen LogP contribution in [0, 0.1) is 5.92 Å². The second-order valence-electron chi connectivity index (χ2n) is 6.92. The predicted molar refractivity (Wildman–Crippen MR) is 101 cm³/mol. The minimum absolute atomic E-state index is 0.108. The van der Waals surface area contributed by atoms with Crippen molar-refractivity contribution in [1.82, 2.24) is 0 Å². The molecule has 0 heterocycles. The number of alkyl halides is 3. The molecule has 0 aliphatic carbocycles. The van der Waals surface area contributed by atoms with E-state index in [1.807, 2.05) is 30.3 Å². The van der Waals surface area contributed by atoms with Crippen LogP contribution in [0.15, 0.2) is 60.7 Å². The van der Waals surface area contributed by atoms with Gasteiger partial charge in [-0.05, 0) is 29.2 Å². The van der Waals surface area contributed by atoms with Crippen LogP contribution >= 0.6 is 0 Å². The highest BCUT2D eigenvalue weighted by atomic mass is 19.4. The number of rotatable bonds is 7. The second-order valence-corrected chi connectivity index (χ2v) is 6.92. The fourth-order valence-electron chi connectivity index (χ4n) is 2.50. The van der Waals surface area contributed by atoms with Gasteiger partial charge in [-0.1, -0.05) is 68.5 Å². The summed E-state index contributed by atoms with van der Waals surface area (Å²) in [5.74, 6) is -0.861. The molecule has 0 spiro atoms. The molecule has 0 bridgehead atoms. The summed E-state index contributed by atoms with van der Waals surface area (Å²) in [5.41, 5.74) is -0.890. The molecule has 6 heteroatoms. The Bertz CT molecular complexity index is 796. The minimum Gasteiger partial charge on any atom is -0.461 e. The summed E-state index contributed by atoms with van der Waals surface area (Å²) in [6.45, 7) is 3.61. The normalized spacial score (nSPS) is 14.2. The molecule has 1 atom stereocenters. The zero-order chi connectivity index (χ0) is 20.8. The van der Waals surface area contributed by atoms with Gasteiger partial charge in [0.05, 0.1) is 17.6 Å². The van der Waals surface area contributed by atoms with Crippen molar-refractivity contribution in [3.63, 3.8) is 0 Å². The predicted octanol–water partition coefficient (Wildman–Crippen LogP) is 5.24. The molecule has 0 aromatic heterocycles. The lowest BCUT2D eigenvalue weighted by atomic mass is 9.86. The number of benzene rings is 2. The summed E-state index contributed by atoms with van der Waals surface area (Å²) in [6, 6.07) is 13.8. The third kappa shape index (κ3) is 6.23. The molecule has 0 fully saturated rings. The van der Waals surface area contributed by atoms with Gasteiger partial charge in [0.2, 0.25) is 0 Å². The van der Waals surface area contributed by atoms with Gasteiger partial charge in [-0.15, -0.1) is 0 Å². The molecule has 28 heavy (non-hydrogen) atoms. The molecule has 0 amide bonds. The average molecular weight is 392 g/mol. The van der Waals surface area contributed by atoms with Gasteiger partial charge < -0.3 is 9.84 Å². The van der Waals surface area contributed by atoms with E-state index in [1.54, 1.807) is 13.8 Å². The molecule has 1 unspecified atom stereocenters. The van der Waals surface area contributed by atoms with Gasteiger partial charge in [0.1, 0.15) is 6.61 Å². The summed E-state index contributed by atoms with van der Waals surface area (Å²) < 4.78 is 43.1. The lowest BCUT2D eigenvalue weighted by Gasteiger charge is -2.28. The van der Waals surface area contributed by atoms with E-state index in [9.17, 15) is 23.1 Å². The Labute approximate surface area is 162 Å². The Kier molecular flexibility index (Phi) is 7.02. The maximum atomic E-state index is 12.6. The van der Waals surface area contributed by atoms with Crippen molar-refractivity contribution in [2.75, 3.05) is 0 Å². The molecule has 0 saturated carbocycles. The monoisotopic (exact) mass is 392 g/mol. The van der Waals surface area contributed by atoms with Crippen molar-refractivity contribution in [3.8, 4) is 0 Å². The molecular formula is C22H23F3O3. The first kappa shape index (κ1) is 21.7. The molecule has 150 valence electrons. The number of carbonyl (C=O) groups excluding carboxylic acids is 1. The van der Waals surface area contributed by atoms with Crippen molar-refractivity contribution >= 4 is 12.0 Å². The maximum Gasteiger partial charge on any atom is 0.416 e. The zero-order valence-electron chi connectivity index (χ0n) is 15.7. The molecule has 2 rings (SSSR count). The van der Waals surface area contributed by atoms with Gasteiger partial charge in [-0.3, -0.25) is 4.79 Å². The van der Waals surface area contributed by atoms with E-state index in [-0.39, 0.29) is 18.9 Å². The molecule has 3 nitrogen and oxygen atoms in total. The second kappa shape index (κ2) is 9.06. The van der Waals surface area contributed by atoms with Gasteiger partial charge in [0, 0.05) is 0 Å². The van der Waals surface area contributed by atoms with Crippen LogP contribution in [-0.4, -0.2) is 16.7 Å². The SMILES string of the molecule is CC(C)C(O)(C=Cc1ccc(C(F)(F)F)cc1)CC(=O)OCc1ccccc1.